The zero-order valence-electron chi connectivity index (χ0n) is 15.7. The Morgan fingerprint density at radius 1 is 1.30 bits per heavy atom. The minimum atomic E-state index is -0.442. The van der Waals surface area contributed by atoms with Crippen LogP contribution in [-0.2, 0) is 6.61 Å². The summed E-state index contributed by atoms with van der Waals surface area (Å²) in [6, 6.07) is 12.1. The first-order chi connectivity index (χ1) is 14.4. The molecule has 152 valence electrons. The van der Waals surface area contributed by atoms with Crippen LogP contribution in [0.25, 0.3) is 0 Å². The molecule has 2 aromatic carbocycles. The molecule has 4 rings (SSSR count). The lowest BCUT2D eigenvalue weighted by atomic mass is 9.84. The molecule has 0 spiro atoms. The number of allylic oxidation sites excluding steroid dienone is 1. The zero-order valence-corrected chi connectivity index (χ0v) is 18.8. The van der Waals surface area contributed by atoms with Gasteiger partial charge in [0.2, 0.25) is 11.8 Å². The summed E-state index contributed by atoms with van der Waals surface area (Å²) >= 11 is 7.09. The van der Waals surface area contributed by atoms with Crippen molar-refractivity contribution in [3.05, 3.63) is 85.0 Å². The van der Waals surface area contributed by atoms with E-state index in [9.17, 15) is 9.65 Å². The van der Waals surface area contributed by atoms with Gasteiger partial charge in [-0.25, -0.2) is 4.39 Å². The quantitative estimate of drug-likeness (QED) is 0.481. The Kier molecular flexibility index (Phi) is 5.54. The number of aryl methyl sites for hydroxylation is 1. The highest BCUT2D eigenvalue weighted by Crippen LogP contribution is 2.46. The fourth-order valence-corrected chi connectivity index (χ4v) is 4.85. The Bertz CT molecular complexity index is 1190. The van der Waals surface area contributed by atoms with E-state index in [-0.39, 0.29) is 18.3 Å². The van der Waals surface area contributed by atoms with Gasteiger partial charge in [-0.2, -0.15) is 5.26 Å². The second-order valence-electron chi connectivity index (χ2n) is 6.72. The second-order valence-corrected chi connectivity index (χ2v) is 8.43. The van der Waals surface area contributed by atoms with Crippen LogP contribution in [0.1, 0.15) is 28.3 Å². The maximum atomic E-state index is 13.4. The third kappa shape index (κ3) is 3.68. The van der Waals surface area contributed by atoms with Gasteiger partial charge in [0.25, 0.3) is 0 Å². The SMILES string of the molecule is Cc1[nH]nc2c1[C@@H](c1cc(Br)c(OCc3cccc(F)c3)c(Br)c1)C(C#N)=C(N)O2. The summed E-state index contributed by atoms with van der Waals surface area (Å²) in [7, 11) is 0. The maximum absolute atomic E-state index is 13.4. The number of fused-ring (bicyclic) bond motifs is 1. The van der Waals surface area contributed by atoms with Gasteiger partial charge < -0.3 is 15.2 Å². The average molecular weight is 534 g/mol. The number of hydrogen-bond donors (Lipinski definition) is 2. The molecule has 6 nitrogen and oxygen atoms in total. The van der Waals surface area contributed by atoms with Crippen LogP contribution in [0.5, 0.6) is 11.6 Å². The number of halogens is 3. The number of nitrogens with two attached hydrogens (primary N) is 1. The Morgan fingerprint density at radius 2 is 2.03 bits per heavy atom. The normalized spacial score (nSPS) is 15.4. The zero-order chi connectivity index (χ0) is 21.4. The highest BCUT2D eigenvalue weighted by Gasteiger charge is 2.34. The Balaban J connectivity index is 1.71. The molecular weight excluding hydrogens is 519 g/mol. The molecule has 2 heterocycles. The van der Waals surface area contributed by atoms with E-state index in [0.717, 1.165) is 16.8 Å². The number of hydrogen-bond acceptors (Lipinski definition) is 5. The van der Waals surface area contributed by atoms with Crippen LogP contribution in [0.15, 0.2) is 56.8 Å². The molecule has 1 aliphatic heterocycles. The summed E-state index contributed by atoms with van der Waals surface area (Å²) in [6.45, 7) is 2.06. The van der Waals surface area contributed by atoms with E-state index in [0.29, 0.717) is 31.7 Å². The van der Waals surface area contributed by atoms with Gasteiger partial charge in [-0.1, -0.05) is 12.1 Å². The minimum absolute atomic E-state index is 0.0279. The molecule has 0 amide bonds. The number of H-pyrrole nitrogens is 1. The minimum Gasteiger partial charge on any atom is -0.487 e. The summed E-state index contributed by atoms with van der Waals surface area (Å²) in [5.74, 6) is 0.189. The summed E-state index contributed by atoms with van der Waals surface area (Å²) in [4.78, 5) is 0. The van der Waals surface area contributed by atoms with Crippen LogP contribution >= 0.6 is 31.9 Å². The largest absolute Gasteiger partial charge is 0.487 e. The van der Waals surface area contributed by atoms with Crippen molar-refractivity contribution >= 4 is 31.9 Å². The number of nitrogens with one attached hydrogen (secondary N) is 1. The molecule has 0 saturated heterocycles. The molecule has 1 atom stereocenters. The number of aromatic amines is 1. The molecule has 3 aromatic rings. The van der Waals surface area contributed by atoms with Gasteiger partial charge in [0, 0.05) is 11.3 Å². The average Bonchev–Trinajstić information content (AvgIpc) is 3.06. The molecule has 1 aromatic heterocycles. The van der Waals surface area contributed by atoms with Gasteiger partial charge in [-0.05, 0) is 74.2 Å². The lowest BCUT2D eigenvalue weighted by Gasteiger charge is -2.24. The van der Waals surface area contributed by atoms with Crippen LogP contribution in [-0.4, -0.2) is 10.2 Å². The van der Waals surface area contributed by atoms with Crippen molar-refractivity contribution in [3.8, 4) is 17.7 Å². The fraction of sp³-hybridized carbons (Fsp3) is 0.143. The Hall–Kier alpha value is -2.83. The molecule has 0 aliphatic carbocycles. The van der Waals surface area contributed by atoms with E-state index in [1.54, 1.807) is 12.1 Å². The number of nitriles is 1. The third-order valence-electron chi connectivity index (χ3n) is 4.76. The second kappa shape index (κ2) is 8.13. The van der Waals surface area contributed by atoms with Gasteiger partial charge in [-0.3, -0.25) is 5.10 Å². The first-order valence-corrected chi connectivity index (χ1v) is 10.5. The van der Waals surface area contributed by atoms with E-state index in [1.165, 1.54) is 12.1 Å². The van der Waals surface area contributed by atoms with Crippen LogP contribution in [0.3, 0.4) is 0 Å². The molecule has 30 heavy (non-hydrogen) atoms. The van der Waals surface area contributed by atoms with Crippen LogP contribution in [0, 0.1) is 24.1 Å². The molecular formula is C21H15Br2FN4O2. The van der Waals surface area contributed by atoms with Crippen LogP contribution in [0.2, 0.25) is 0 Å². The van der Waals surface area contributed by atoms with Gasteiger partial charge >= 0.3 is 0 Å². The van der Waals surface area contributed by atoms with Crippen molar-refractivity contribution in [2.75, 3.05) is 0 Å². The lowest BCUT2D eigenvalue weighted by molar-refractivity contribution is 0.301. The fourth-order valence-electron chi connectivity index (χ4n) is 3.40. The van der Waals surface area contributed by atoms with Gasteiger partial charge in [-0.15, -0.1) is 5.10 Å². The number of rotatable bonds is 4. The molecule has 0 radical (unpaired) electrons. The molecule has 1 aliphatic rings. The molecule has 0 unspecified atom stereocenters. The Labute approximate surface area is 188 Å². The van der Waals surface area contributed by atoms with Crippen molar-refractivity contribution in [2.45, 2.75) is 19.4 Å². The number of aromatic nitrogens is 2. The topological polar surface area (TPSA) is 97.0 Å². The van der Waals surface area contributed by atoms with Crippen molar-refractivity contribution in [1.82, 2.24) is 10.2 Å². The van der Waals surface area contributed by atoms with Crippen molar-refractivity contribution in [1.29, 1.82) is 5.26 Å². The standard InChI is InChI=1S/C21H15Br2FN4O2/c1-10-17-18(14(8-25)20(26)30-21(17)28-27-10)12-6-15(22)19(16(23)7-12)29-9-11-3-2-4-13(24)5-11/h2-7,18H,9,26H2,1H3,(H,27,28)/t18-/m0/s1. The lowest BCUT2D eigenvalue weighted by Crippen LogP contribution is -2.21. The molecule has 9 heteroatoms. The highest BCUT2D eigenvalue weighted by atomic mass is 79.9. The van der Waals surface area contributed by atoms with Gasteiger partial charge in [0.1, 0.15) is 29.8 Å². The maximum Gasteiger partial charge on any atom is 0.244 e. The molecule has 0 bridgehead atoms. The summed E-state index contributed by atoms with van der Waals surface area (Å²) < 4.78 is 26.2. The highest BCUT2D eigenvalue weighted by molar-refractivity contribution is 9.11. The molecule has 0 saturated carbocycles. The van der Waals surface area contributed by atoms with E-state index in [2.05, 4.69) is 48.1 Å². The first-order valence-electron chi connectivity index (χ1n) is 8.87. The van der Waals surface area contributed by atoms with Gasteiger partial charge in [0.05, 0.1) is 14.9 Å². The molecule has 3 N–H and O–H groups in total. The predicted octanol–water partition coefficient (Wildman–Crippen LogP) is 5.18. The first kappa shape index (κ1) is 20.4. The smallest absolute Gasteiger partial charge is 0.244 e. The van der Waals surface area contributed by atoms with Crippen LogP contribution < -0.4 is 15.2 Å². The van der Waals surface area contributed by atoms with Crippen molar-refractivity contribution < 1.29 is 13.9 Å². The van der Waals surface area contributed by atoms with E-state index >= 15 is 0 Å². The van der Waals surface area contributed by atoms with Crippen LogP contribution in [0.4, 0.5) is 4.39 Å². The molecule has 0 fully saturated rings. The number of nitrogens with zero attached hydrogens (tertiary/aromatic N) is 2. The monoisotopic (exact) mass is 532 g/mol. The predicted molar refractivity (Wildman–Crippen MR) is 115 cm³/mol. The van der Waals surface area contributed by atoms with E-state index < -0.39 is 5.92 Å². The summed E-state index contributed by atoms with van der Waals surface area (Å²) in [5.41, 5.74) is 9.34. The van der Waals surface area contributed by atoms with E-state index in [1.807, 2.05) is 19.1 Å². The summed E-state index contributed by atoms with van der Waals surface area (Å²) in [5, 5.41) is 16.7. The van der Waals surface area contributed by atoms with E-state index in [4.69, 9.17) is 15.2 Å². The number of benzene rings is 2. The van der Waals surface area contributed by atoms with Gasteiger partial charge in [0.15, 0.2) is 0 Å². The van der Waals surface area contributed by atoms with Crippen molar-refractivity contribution in [2.24, 2.45) is 5.73 Å². The van der Waals surface area contributed by atoms with Crippen molar-refractivity contribution in [3.63, 3.8) is 0 Å². The third-order valence-corrected chi connectivity index (χ3v) is 5.93. The summed E-state index contributed by atoms with van der Waals surface area (Å²) in [6.07, 6.45) is 0. The number of ether oxygens (including phenoxy) is 2. The Morgan fingerprint density at radius 3 is 2.70 bits per heavy atom.